The third kappa shape index (κ3) is 36.9. The molecule has 0 spiro atoms. The van der Waals surface area contributed by atoms with Crippen LogP contribution in [0.4, 0.5) is 0 Å². The first-order valence-corrected chi connectivity index (χ1v) is 22.3. The Balaban J connectivity index is 4.48. The van der Waals surface area contributed by atoms with Gasteiger partial charge in [-0.15, -0.1) is 0 Å². The summed E-state index contributed by atoms with van der Waals surface area (Å²) in [6.45, 7) is 4.55. The Morgan fingerprint density at radius 3 is 1.65 bits per heavy atom. The molecule has 51 heavy (non-hydrogen) atoms. The number of carbonyl (C=O) groups is 1. The Morgan fingerprint density at radius 1 is 0.667 bits per heavy atom. The van der Waals surface area contributed by atoms with Gasteiger partial charge in [0, 0.05) is 6.42 Å². The van der Waals surface area contributed by atoms with Gasteiger partial charge >= 0.3 is 0 Å². The van der Waals surface area contributed by atoms with Gasteiger partial charge < -0.3 is 28.8 Å². The lowest BCUT2D eigenvalue weighted by atomic mass is 10.0. The molecule has 0 aromatic heterocycles. The molecular formula is C42H81N2O6P. The third-order valence-corrected chi connectivity index (χ3v) is 10.0. The maximum atomic E-state index is 12.7. The topological polar surface area (TPSA) is 108 Å². The van der Waals surface area contributed by atoms with Crippen molar-refractivity contribution in [3.05, 3.63) is 36.5 Å². The average molecular weight is 741 g/mol. The van der Waals surface area contributed by atoms with Gasteiger partial charge in [0.2, 0.25) is 5.91 Å². The molecule has 3 atom stereocenters. The van der Waals surface area contributed by atoms with E-state index in [1.54, 1.807) is 6.08 Å². The molecule has 8 nitrogen and oxygen atoms in total. The Morgan fingerprint density at radius 2 is 1.12 bits per heavy atom. The number of nitrogens with one attached hydrogen (secondary N) is 1. The van der Waals surface area contributed by atoms with Crippen LogP contribution in [0, 0.1) is 0 Å². The molecular weight excluding hydrogens is 659 g/mol. The number of nitrogens with zero attached hydrogens (tertiary/aromatic N) is 1. The van der Waals surface area contributed by atoms with Crippen LogP contribution in [0.1, 0.15) is 174 Å². The second-order valence-corrected chi connectivity index (χ2v) is 16.7. The standard InChI is InChI=1S/C42H81N2O6P/c1-6-8-10-12-14-16-18-19-20-21-22-23-24-25-26-27-29-31-33-35-41(45)40(39-50-51(47,48)49-38-37-44(3,4)5)43-42(46)36-34-32-30-28-17-15-13-11-9-7-2/h13,15,26-27,33,35,40-41,45H,6-12,14,16-25,28-32,34,36-39H2,1-5H3,(H-,43,46,47,48)/b15-13-,27-26+,35-33+. The summed E-state index contributed by atoms with van der Waals surface area (Å²) in [6, 6.07) is -0.905. The van der Waals surface area contributed by atoms with Gasteiger partial charge in [-0.1, -0.05) is 153 Å². The zero-order valence-corrected chi connectivity index (χ0v) is 34.7. The van der Waals surface area contributed by atoms with E-state index in [-0.39, 0.29) is 12.5 Å². The predicted octanol–water partition coefficient (Wildman–Crippen LogP) is 10.5. The lowest BCUT2D eigenvalue weighted by Gasteiger charge is -2.29. The van der Waals surface area contributed by atoms with Crippen LogP contribution >= 0.6 is 7.82 Å². The van der Waals surface area contributed by atoms with E-state index in [4.69, 9.17) is 9.05 Å². The number of hydrogen-bond donors (Lipinski definition) is 2. The number of amides is 1. The fourth-order valence-corrected chi connectivity index (χ4v) is 6.40. The Bertz CT molecular complexity index is 933. The van der Waals surface area contributed by atoms with E-state index < -0.39 is 26.6 Å². The van der Waals surface area contributed by atoms with E-state index in [1.807, 2.05) is 27.2 Å². The maximum absolute atomic E-state index is 12.7. The molecule has 0 aromatic carbocycles. The minimum absolute atomic E-state index is 0.00876. The van der Waals surface area contributed by atoms with Crippen molar-refractivity contribution in [2.75, 3.05) is 40.9 Å². The molecule has 0 aliphatic rings. The summed E-state index contributed by atoms with van der Waals surface area (Å²) in [7, 11) is 1.23. The van der Waals surface area contributed by atoms with Gasteiger partial charge in [0.15, 0.2) is 0 Å². The average Bonchev–Trinajstić information content (AvgIpc) is 3.07. The normalized spacial score (nSPS) is 14.9. The number of phosphoric acid groups is 1. The molecule has 1 amide bonds. The van der Waals surface area contributed by atoms with Gasteiger partial charge in [0.1, 0.15) is 13.2 Å². The van der Waals surface area contributed by atoms with E-state index in [1.165, 1.54) is 96.3 Å². The first kappa shape index (κ1) is 49.7. The van der Waals surface area contributed by atoms with Gasteiger partial charge in [0.25, 0.3) is 7.82 Å². The fourth-order valence-electron chi connectivity index (χ4n) is 5.68. The molecule has 300 valence electrons. The molecule has 9 heteroatoms. The van der Waals surface area contributed by atoms with Crippen LogP contribution < -0.4 is 10.2 Å². The fraction of sp³-hybridized carbons (Fsp3) is 0.833. The monoisotopic (exact) mass is 741 g/mol. The smallest absolute Gasteiger partial charge is 0.268 e. The summed E-state index contributed by atoms with van der Waals surface area (Å²) < 4.78 is 23.1. The molecule has 0 bridgehead atoms. The third-order valence-electron chi connectivity index (χ3n) is 9.07. The van der Waals surface area contributed by atoms with Crippen LogP contribution in [0.15, 0.2) is 36.5 Å². The lowest BCUT2D eigenvalue weighted by molar-refractivity contribution is -0.870. The highest BCUT2D eigenvalue weighted by Crippen LogP contribution is 2.38. The zero-order chi connectivity index (χ0) is 37.9. The largest absolute Gasteiger partial charge is 0.756 e. The summed E-state index contributed by atoms with van der Waals surface area (Å²) in [5, 5.41) is 13.7. The predicted molar refractivity (Wildman–Crippen MR) is 215 cm³/mol. The number of allylic oxidation sites excluding steroid dienone is 5. The number of unbranched alkanes of at least 4 members (excludes halogenated alkanes) is 20. The minimum atomic E-state index is -4.59. The SMILES string of the molecule is CCCC/C=C\CCCCCCC(=O)NC(COP(=O)([O-])OCC[N+](C)(C)C)C(O)/C=C/CC/C=C/CCCCCCCCCCCCCCC. The molecule has 0 heterocycles. The number of aliphatic hydroxyl groups is 1. The molecule has 0 saturated carbocycles. The second-order valence-electron chi connectivity index (χ2n) is 15.3. The van der Waals surface area contributed by atoms with E-state index in [0.29, 0.717) is 17.4 Å². The highest BCUT2D eigenvalue weighted by molar-refractivity contribution is 7.45. The number of phosphoric ester groups is 1. The van der Waals surface area contributed by atoms with Crippen molar-refractivity contribution in [3.63, 3.8) is 0 Å². The van der Waals surface area contributed by atoms with Gasteiger partial charge in [0.05, 0.1) is 39.9 Å². The van der Waals surface area contributed by atoms with Gasteiger partial charge in [-0.2, -0.15) is 0 Å². The Labute approximate surface area is 315 Å². The van der Waals surface area contributed by atoms with Crippen molar-refractivity contribution in [1.29, 1.82) is 0 Å². The Kier molecular flexibility index (Phi) is 33.6. The van der Waals surface area contributed by atoms with Crippen LogP contribution in [0.3, 0.4) is 0 Å². The Hall–Kier alpha value is -1.28. The van der Waals surface area contributed by atoms with Crippen molar-refractivity contribution >= 4 is 13.7 Å². The summed E-state index contributed by atoms with van der Waals surface area (Å²) >= 11 is 0. The first-order chi connectivity index (χ1) is 24.5. The van der Waals surface area contributed by atoms with Crippen molar-refractivity contribution < 1.29 is 32.9 Å². The highest BCUT2D eigenvalue weighted by atomic mass is 31.2. The number of hydrogen-bond acceptors (Lipinski definition) is 6. The van der Waals surface area contributed by atoms with Gasteiger partial charge in [-0.3, -0.25) is 9.36 Å². The molecule has 0 aromatic rings. The number of carbonyl (C=O) groups excluding carboxylic acids is 1. The summed E-state index contributed by atoms with van der Waals surface area (Å²) in [6.07, 6.45) is 40.6. The van der Waals surface area contributed by atoms with Crippen LogP contribution in [-0.2, 0) is 18.4 Å². The summed E-state index contributed by atoms with van der Waals surface area (Å²) in [4.78, 5) is 25.1. The van der Waals surface area contributed by atoms with Crippen LogP contribution in [0.2, 0.25) is 0 Å². The van der Waals surface area contributed by atoms with Crippen molar-refractivity contribution in [3.8, 4) is 0 Å². The minimum Gasteiger partial charge on any atom is -0.756 e. The number of aliphatic hydroxyl groups excluding tert-OH is 1. The molecule has 3 unspecified atom stereocenters. The van der Waals surface area contributed by atoms with Crippen LogP contribution in [0.25, 0.3) is 0 Å². The number of rotatable bonds is 37. The van der Waals surface area contributed by atoms with Gasteiger partial charge in [-0.25, -0.2) is 0 Å². The molecule has 0 saturated heterocycles. The second kappa shape index (κ2) is 34.5. The molecule has 0 aliphatic carbocycles. The summed E-state index contributed by atoms with van der Waals surface area (Å²) in [5.41, 5.74) is 0. The number of likely N-dealkylation sites (N-methyl/N-ethyl adjacent to an activating group) is 1. The molecule has 0 fully saturated rings. The van der Waals surface area contributed by atoms with E-state index in [2.05, 4.69) is 43.5 Å². The number of quaternary nitrogens is 1. The van der Waals surface area contributed by atoms with Crippen LogP contribution in [0.5, 0.6) is 0 Å². The molecule has 0 rings (SSSR count). The maximum Gasteiger partial charge on any atom is 0.268 e. The lowest BCUT2D eigenvalue weighted by Crippen LogP contribution is -2.45. The molecule has 2 N–H and O–H groups in total. The zero-order valence-electron chi connectivity index (χ0n) is 33.8. The molecule has 0 aliphatic heterocycles. The van der Waals surface area contributed by atoms with Crippen molar-refractivity contribution in [1.82, 2.24) is 5.32 Å². The van der Waals surface area contributed by atoms with E-state index >= 15 is 0 Å². The molecule has 0 radical (unpaired) electrons. The van der Waals surface area contributed by atoms with Crippen molar-refractivity contribution in [2.24, 2.45) is 0 Å². The highest BCUT2D eigenvalue weighted by Gasteiger charge is 2.23. The van der Waals surface area contributed by atoms with E-state index in [0.717, 1.165) is 57.8 Å². The van der Waals surface area contributed by atoms with Crippen molar-refractivity contribution in [2.45, 2.75) is 187 Å². The van der Waals surface area contributed by atoms with Gasteiger partial charge in [-0.05, 0) is 51.4 Å². The van der Waals surface area contributed by atoms with E-state index in [9.17, 15) is 19.4 Å². The summed E-state index contributed by atoms with van der Waals surface area (Å²) in [5.74, 6) is -0.224. The quantitative estimate of drug-likeness (QED) is 0.0284. The first-order valence-electron chi connectivity index (χ1n) is 20.9. The van der Waals surface area contributed by atoms with Crippen LogP contribution in [-0.4, -0.2) is 68.5 Å².